The van der Waals surface area contributed by atoms with Gasteiger partial charge in [0.05, 0.1) is 19.9 Å². The second-order valence-electron chi connectivity index (χ2n) is 7.57. The molecule has 0 atom stereocenters. The second kappa shape index (κ2) is 9.44. The lowest BCUT2D eigenvalue weighted by molar-refractivity contribution is -0.122. The van der Waals surface area contributed by atoms with Gasteiger partial charge in [-0.1, -0.05) is 12.8 Å². The van der Waals surface area contributed by atoms with Crippen LogP contribution in [0.2, 0.25) is 0 Å². The lowest BCUT2D eigenvalue weighted by Gasteiger charge is -2.29. The molecule has 0 aliphatic carbocycles. The summed E-state index contributed by atoms with van der Waals surface area (Å²) < 4.78 is 16.6. The lowest BCUT2D eigenvalue weighted by atomic mass is 10.1. The van der Waals surface area contributed by atoms with Crippen molar-refractivity contribution in [3.8, 4) is 11.5 Å². The van der Waals surface area contributed by atoms with Crippen molar-refractivity contribution < 1.29 is 23.5 Å². The molecule has 1 aromatic carbocycles. The molecular weight excluding hydrogens is 430 g/mol. The number of anilines is 2. The highest BCUT2D eigenvalue weighted by atomic mass is 32.1. The van der Waals surface area contributed by atoms with Gasteiger partial charge in [-0.15, -0.1) is 0 Å². The number of nitrogens with one attached hydrogen (secondary N) is 1. The van der Waals surface area contributed by atoms with Gasteiger partial charge in [0.25, 0.3) is 11.8 Å². The summed E-state index contributed by atoms with van der Waals surface area (Å²) in [4.78, 5) is 29.3. The minimum atomic E-state index is -0.573. The van der Waals surface area contributed by atoms with Crippen molar-refractivity contribution >= 4 is 46.8 Å². The highest BCUT2D eigenvalue weighted by Gasteiger charge is 2.36. The Kier molecular flexibility index (Phi) is 6.45. The van der Waals surface area contributed by atoms with Crippen LogP contribution in [0.3, 0.4) is 0 Å². The highest BCUT2D eigenvalue weighted by Crippen LogP contribution is 2.34. The van der Waals surface area contributed by atoms with E-state index in [4.69, 9.17) is 26.1 Å². The molecule has 1 N–H and O–H groups in total. The Bertz CT molecular complexity index is 1070. The number of nitrogens with zero attached hydrogens (tertiary/aromatic N) is 2. The van der Waals surface area contributed by atoms with Crippen molar-refractivity contribution in [2.45, 2.75) is 25.7 Å². The Morgan fingerprint density at radius 1 is 1.03 bits per heavy atom. The number of ether oxygens (including phenoxy) is 2. The third kappa shape index (κ3) is 4.34. The van der Waals surface area contributed by atoms with E-state index in [0.29, 0.717) is 22.9 Å². The van der Waals surface area contributed by atoms with Crippen LogP contribution in [-0.4, -0.2) is 44.2 Å². The number of hydrogen-bond acceptors (Lipinski definition) is 7. The fourth-order valence-electron chi connectivity index (χ4n) is 3.87. The largest absolute Gasteiger partial charge is 0.497 e. The van der Waals surface area contributed by atoms with Crippen molar-refractivity contribution in [2.24, 2.45) is 0 Å². The third-order valence-electron chi connectivity index (χ3n) is 5.55. The summed E-state index contributed by atoms with van der Waals surface area (Å²) >= 11 is 5.28. The zero-order valence-electron chi connectivity index (χ0n) is 18.1. The minimum absolute atomic E-state index is 0.0229. The van der Waals surface area contributed by atoms with Crippen LogP contribution in [0, 0.1) is 0 Å². The zero-order valence-corrected chi connectivity index (χ0v) is 18.9. The van der Waals surface area contributed by atoms with Gasteiger partial charge < -0.3 is 18.8 Å². The van der Waals surface area contributed by atoms with Crippen molar-refractivity contribution in [3.05, 3.63) is 41.7 Å². The lowest BCUT2D eigenvalue weighted by Crippen LogP contribution is -2.54. The number of carbonyl (C=O) groups is 2. The van der Waals surface area contributed by atoms with Crippen LogP contribution in [0.15, 0.2) is 40.3 Å². The van der Waals surface area contributed by atoms with Crippen LogP contribution in [-0.2, 0) is 9.59 Å². The number of hydrogen-bond donors (Lipinski definition) is 1. The summed E-state index contributed by atoms with van der Waals surface area (Å²) in [5, 5.41) is 2.55. The average Bonchev–Trinajstić information content (AvgIpc) is 3.09. The molecule has 2 aliphatic heterocycles. The molecule has 2 saturated heterocycles. The molecule has 0 spiro atoms. The van der Waals surface area contributed by atoms with Crippen molar-refractivity contribution in [3.63, 3.8) is 0 Å². The van der Waals surface area contributed by atoms with E-state index in [1.165, 1.54) is 38.0 Å². The molecular formula is C23H25N3O5S. The third-order valence-corrected chi connectivity index (χ3v) is 5.83. The summed E-state index contributed by atoms with van der Waals surface area (Å²) in [5.74, 6) is 0.990. The van der Waals surface area contributed by atoms with Gasteiger partial charge in [-0.3, -0.25) is 14.9 Å². The Balaban J connectivity index is 1.64. The van der Waals surface area contributed by atoms with Crippen LogP contribution >= 0.6 is 12.2 Å². The molecule has 2 aromatic rings. The molecule has 32 heavy (non-hydrogen) atoms. The first-order valence-corrected chi connectivity index (χ1v) is 10.9. The number of amides is 2. The number of methoxy groups -OCH3 is 2. The SMILES string of the molecule is COc1ccc(N2C(=O)/C(=C/c3ccc(N4CCCCCC4)o3)C(=O)NC2=S)c(OC)c1. The van der Waals surface area contributed by atoms with E-state index >= 15 is 0 Å². The average molecular weight is 456 g/mol. The summed E-state index contributed by atoms with van der Waals surface area (Å²) in [6.45, 7) is 1.87. The van der Waals surface area contributed by atoms with E-state index in [1.54, 1.807) is 24.3 Å². The van der Waals surface area contributed by atoms with Crippen molar-refractivity contribution in [1.82, 2.24) is 5.32 Å². The van der Waals surface area contributed by atoms with Crippen LogP contribution in [0.1, 0.15) is 31.4 Å². The van der Waals surface area contributed by atoms with E-state index in [0.717, 1.165) is 31.8 Å². The maximum absolute atomic E-state index is 13.3. The Labute approximate surface area is 191 Å². The van der Waals surface area contributed by atoms with E-state index in [2.05, 4.69) is 10.2 Å². The number of rotatable bonds is 5. The number of thiocarbonyl (C=S) groups is 1. The van der Waals surface area contributed by atoms with Crippen LogP contribution in [0.4, 0.5) is 11.6 Å². The topological polar surface area (TPSA) is 84.2 Å². The molecule has 4 rings (SSSR count). The predicted octanol–water partition coefficient (Wildman–Crippen LogP) is 3.51. The quantitative estimate of drug-likeness (QED) is 0.420. The minimum Gasteiger partial charge on any atom is -0.497 e. The second-order valence-corrected chi connectivity index (χ2v) is 7.96. The van der Waals surface area contributed by atoms with E-state index in [-0.39, 0.29) is 10.7 Å². The molecule has 9 heteroatoms. The van der Waals surface area contributed by atoms with Crippen LogP contribution in [0.25, 0.3) is 6.08 Å². The van der Waals surface area contributed by atoms with Crippen molar-refractivity contribution in [1.29, 1.82) is 0 Å². The van der Waals surface area contributed by atoms with Gasteiger partial charge in [-0.05, 0) is 49.3 Å². The van der Waals surface area contributed by atoms with Gasteiger partial charge in [0.1, 0.15) is 22.8 Å². The molecule has 0 radical (unpaired) electrons. The van der Waals surface area contributed by atoms with E-state index in [1.807, 2.05) is 6.07 Å². The first-order chi connectivity index (χ1) is 15.5. The zero-order chi connectivity index (χ0) is 22.7. The standard InChI is InChI=1S/C23H25N3O5S/c1-29-15-7-9-18(19(14-15)30-2)26-22(28)17(21(27)24-23(26)32)13-16-8-10-20(31-16)25-11-5-3-4-6-12-25/h7-10,13-14H,3-6,11-12H2,1-2H3,(H,24,27,32)/b17-13+. The molecule has 0 bridgehead atoms. The molecule has 8 nitrogen and oxygen atoms in total. The molecule has 1 aromatic heterocycles. The normalized spacial score (nSPS) is 18.6. The summed E-state index contributed by atoms with van der Waals surface area (Å²) in [7, 11) is 3.02. The molecule has 2 amide bonds. The van der Waals surface area contributed by atoms with Gasteiger partial charge >= 0.3 is 0 Å². The van der Waals surface area contributed by atoms with E-state index < -0.39 is 11.8 Å². The van der Waals surface area contributed by atoms with Gasteiger partial charge in [-0.2, -0.15) is 0 Å². The molecule has 0 unspecified atom stereocenters. The van der Waals surface area contributed by atoms with Crippen LogP contribution < -0.4 is 24.6 Å². The molecule has 2 aliphatic rings. The monoisotopic (exact) mass is 455 g/mol. The molecule has 0 saturated carbocycles. The maximum Gasteiger partial charge on any atom is 0.270 e. The predicted molar refractivity (Wildman–Crippen MR) is 125 cm³/mol. The highest BCUT2D eigenvalue weighted by molar-refractivity contribution is 7.80. The molecule has 3 heterocycles. The van der Waals surface area contributed by atoms with E-state index in [9.17, 15) is 9.59 Å². The first-order valence-electron chi connectivity index (χ1n) is 10.5. The van der Waals surface area contributed by atoms with Crippen LogP contribution in [0.5, 0.6) is 11.5 Å². The fourth-order valence-corrected chi connectivity index (χ4v) is 4.14. The number of furan rings is 1. The fraction of sp³-hybridized carbons (Fsp3) is 0.348. The summed E-state index contributed by atoms with van der Waals surface area (Å²) in [6.07, 6.45) is 6.12. The number of benzene rings is 1. The molecule has 2 fully saturated rings. The van der Waals surface area contributed by atoms with Gasteiger partial charge in [0, 0.05) is 25.2 Å². The van der Waals surface area contributed by atoms with Crippen molar-refractivity contribution in [2.75, 3.05) is 37.1 Å². The Morgan fingerprint density at radius 3 is 2.47 bits per heavy atom. The van der Waals surface area contributed by atoms with Gasteiger partial charge in [0.2, 0.25) is 0 Å². The van der Waals surface area contributed by atoms with Gasteiger partial charge in [-0.25, -0.2) is 4.90 Å². The van der Waals surface area contributed by atoms with Gasteiger partial charge in [0.15, 0.2) is 11.0 Å². The number of carbonyl (C=O) groups excluding carboxylic acids is 2. The maximum atomic E-state index is 13.3. The molecule has 168 valence electrons. The Hall–Kier alpha value is -3.33. The first kappa shape index (κ1) is 21.9. The Morgan fingerprint density at radius 2 is 1.78 bits per heavy atom. The summed E-state index contributed by atoms with van der Waals surface area (Å²) in [5.41, 5.74) is 0.326. The smallest absolute Gasteiger partial charge is 0.270 e. The summed E-state index contributed by atoms with van der Waals surface area (Å²) in [6, 6.07) is 8.62.